The minimum atomic E-state index is -0.587. The number of hydrogen-bond acceptors (Lipinski definition) is 2. The van der Waals surface area contributed by atoms with Gasteiger partial charge in [-0.15, -0.1) is 0 Å². The topological polar surface area (TPSA) is 54.9 Å². The molecule has 0 saturated carbocycles. The zero-order chi connectivity index (χ0) is 14.3. The van der Waals surface area contributed by atoms with Crippen molar-refractivity contribution in [3.05, 3.63) is 74.1 Å². The fourth-order valence-electron chi connectivity index (χ4n) is 2.01. The number of hydrogen-bond donors (Lipinski definition) is 1. The van der Waals surface area contributed by atoms with Crippen molar-refractivity contribution >= 4 is 22.5 Å². The molecule has 100 valence electrons. The maximum absolute atomic E-state index is 13.2. The molecular weight excluding hydrogens is 283 g/mol. The molecule has 0 aliphatic heterocycles. The summed E-state index contributed by atoms with van der Waals surface area (Å²) < 4.78 is 14.2. The first kappa shape index (κ1) is 12.6. The second-order valence-electron chi connectivity index (χ2n) is 4.24. The number of fused-ring (bicyclic) bond motifs is 1. The number of aromatic amines is 1. The summed E-state index contributed by atoms with van der Waals surface area (Å²) in [6.07, 6.45) is 0. The van der Waals surface area contributed by atoms with Crippen molar-refractivity contribution in [3.8, 4) is 5.69 Å². The fourth-order valence-corrected chi connectivity index (χ4v) is 2.14. The Bertz CT molecular complexity index is 913. The van der Waals surface area contributed by atoms with Crippen LogP contribution in [0.2, 0.25) is 5.02 Å². The summed E-state index contributed by atoms with van der Waals surface area (Å²) in [6.45, 7) is 0. The van der Waals surface area contributed by atoms with Gasteiger partial charge in [0.25, 0.3) is 5.56 Å². The van der Waals surface area contributed by atoms with Crippen LogP contribution in [0, 0.1) is 5.82 Å². The number of halogens is 2. The first-order valence-electron chi connectivity index (χ1n) is 5.77. The van der Waals surface area contributed by atoms with Crippen molar-refractivity contribution in [2.75, 3.05) is 0 Å². The molecule has 0 aliphatic rings. The van der Waals surface area contributed by atoms with Crippen molar-refractivity contribution in [1.82, 2.24) is 9.55 Å². The molecule has 0 spiro atoms. The zero-order valence-electron chi connectivity index (χ0n) is 10.1. The molecule has 0 unspecified atom stereocenters. The second-order valence-corrected chi connectivity index (χ2v) is 4.67. The van der Waals surface area contributed by atoms with Gasteiger partial charge in [-0.1, -0.05) is 11.6 Å². The zero-order valence-corrected chi connectivity index (χ0v) is 10.8. The maximum Gasteiger partial charge on any atom is 0.333 e. The summed E-state index contributed by atoms with van der Waals surface area (Å²) in [6, 6.07) is 9.87. The van der Waals surface area contributed by atoms with Gasteiger partial charge in [0, 0.05) is 5.02 Å². The van der Waals surface area contributed by atoms with Gasteiger partial charge in [0.05, 0.1) is 16.6 Å². The van der Waals surface area contributed by atoms with Crippen LogP contribution in [-0.4, -0.2) is 9.55 Å². The fraction of sp³-hybridized carbons (Fsp3) is 0. The summed E-state index contributed by atoms with van der Waals surface area (Å²) in [5.41, 5.74) is -0.500. The molecule has 4 nitrogen and oxygen atoms in total. The van der Waals surface area contributed by atoms with Crippen LogP contribution >= 0.6 is 11.6 Å². The second kappa shape index (κ2) is 4.61. The summed E-state index contributed by atoms with van der Waals surface area (Å²) in [5, 5.41) is 0.601. The Hall–Kier alpha value is -2.40. The van der Waals surface area contributed by atoms with E-state index in [9.17, 15) is 14.0 Å². The summed E-state index contributed by atoms with van der Waals surface area (Å²) >= 11 is 5.77. The Balaban J connectivity index is 2.39. The standard InChI is InChI=1S/C14H8ClFN2O2/c15-8-1-4-10(5-2-8)18-13(19)11-7-9(16)3-6-12(11)17-14(18)20/h1-7H,(H,17,20). The number of rotatable bonds is 1. The molecule has 0 atom stereocenters. The van der Waals surface area contributed by atoms with E-state index >= 15 is 0 Å². The van der Waals surface area contributed by atoms with E-state index in [0.29, 0.717) is 16.2 Å². The van der Waals surface area contributed by atoms with Gasteiger partial charge in [-0.25, -0.2) is 13.8 Å². The molecule has 0 radical (unpaired) electrons. The Morgan fingerprint density at radius 2 is 1.75 bits per heavy atom. The van der Waals surface area contributed by atoms with Crippen LogP contribution < -0.4 is 11.2 Å². The lowest BCUT2D eigenvalue weighted by Crippen LogP contribution is -2.33. The quantitative estimate of drug-likeness (QED) is 0.748. The highest BCUT2D eigenvalue weighted by molar-refractivity contribution is 6.30. The molecule has 1 heterocycles. The molecule has 0 amide bonds. The van der Waals surface area contributed by atoms with Gasteiger partial charge in [-0.2, -0.15) is 0 Å². The van der Waals surface area contributed by atoms with Crippen LogP contribution in [0.3, 0.4) is 0 Å². The van der Waals surface area contributed by atoms with Gasteiger partial charge in [-0.3, -0.25) is 4.79 Å². The van der Waals surface area contributed by atoms with Crippen molar-refractivity contribution < 1.29 is 4.39 Å². The van der Waals surface area contributed by atoms with E-state index in [1.165, 1.54) is 12.1 Å². The number of benzene rings is 2. The monoisotopic (exact) mass is 290 g/mol. The van der Waals surface area contributed by atoms with E-state index in [1.807, 2.05) is 0 Å². The molecule has 6 heteroatoms. The Morgan fingerprint density at radius 1 is 1.05 bits per heavy atom. The minimum absolute atomic E-state index is 0.111. The van der Waals surface area contributed by atoms with Gasteiger partial charge in [0.1, 0.15) is 5.82 Å². The van der Waals surface area contributed by atoms with Crippen LogP contribution in [0.4, 0.5) is 4.39 Å². The summed E-state index contributed by atoms with van der Waals surface area (Å²) in [5.74, 6) is -0.538. The van der Waals surface area contributed by atoms with Crippen molar-refractivity contribution in [1.29, 1.82) is 0 Å². The smallest absolute Gasteiger partial charge is 0.306 e. The largest absolute Gasteiger partial charge is 0.333 e. The van der Waals surface area contributed by atoms with Crippen LogP contribution in [0.1, 0.15) is 0 Å². The average molecular weight is 291 g/mol. The Kier molecular flexibility index (Phi) is 2.91. The van der Waals surface area contributed by atoms with E-state index in [2.05, 4.69) is 4.98 Å². The molecule has 1 N–H and O–H groups in total. The Labute approximate surface area is 117 Å². The number of nitrogens with zero attached hydrogens (tertiary/aromatic N) is 1. The van der Waals surface area contributed by atoms with Gasteiger partial charge in [0.2, 0.25) is 0 Å². The molecule has 1 aromatic heterocycles. The highest BCUT2D eigenvalue weighted by atomic mass is 35.5. The van der Waals surface area contributed by atoms with E-state index < -0.39 is 17.1 Å². The van der Waals surface area contributed by atoms with E-state index in [0.717, 1.165) is 10.6 Å². The molecule has 0 bridgehead atoms. The molecule has 0 saturated heterocycles. The predicted molar refractivity (Wildman–Crippen MR) is 75.1 cm³/mol. The SMILES string of the molecule is O=c1[nH]c2ccc(F)cc2c(=O)n1-c1ccc(Cl)cc1. The molecule has 20 heavy (non-hydrogen) atoms. The average Bonchev–Trinajstić information content (AvgIpc) is 2.42. The molecule has 0 aliphatic carbocycles. The van der Waals surface area contributed by atoms with Crippen molar-refractivity contribution in [2.24, 2.45) is 0 Å². The number of aromatic nitrogens is 2. The maximum atomic E-state index is 13.2. The highest BCUT2D eigenvalue weighted by Crippen LogP contribution is 2.12. The van der Waals surface area contributed by atoms with Gasteiger partial charge in [0.15, 0.2) is 0 Å². The van der Waals surface area contributed by atoms with Crippen molar-refractivity contribution in [3.63, 3.8) is 0 Å². The lowest BCUT2D eigenvalue weighted by Gasteiger charge is -2.06. The third kappa shape index (κ3) is 2.02. The number of nitrogens with one attached hydrogen (secondary N) is 1. The minimum Gasteiger partial charge on any atom is -0.306 e. The van der Waals surface area contributed by atoms with Crippen LogP contribution in [0.15, 0.2) is 52.1 Å². The molecule has 3 rings (SSSR count). The highest BCUT2D eigenvalue weighted by Gasteiger charge is 2.10. The van der Waals surface area contributed by atoms with Gasteiger partial charge < -0.3 is 4.98 Å². The summed E-state index contributed by atoms with van der Waals surface area (Å²) in [7, 11) is 0. The van der Waals surface area contributed by atoms with E-state index in [1.54, 1.807) is 24.3 Å². The molecule has 2 aromatic carbocycles. The van der Waals surface area contributed by atoms with Gasteiger partial charge >= 0.3 is 5.69 Å². The van der Waals surface area contributed by atoms with E-state index in [4.69, 9.17) is 11.6 Å². The van der Waals surface area contributed by atoms with Crippen LogP contribution in [-0.2, 0) is 0 Å². The third-order valence-electron chi connectivity index (χ3n) is 2.94. The molecule has 3 aromatic rings. The predicted octanol–water partition coefficient (Wildman–Crippen LogP) is 2.47. The molecular formula is C14H8ClFN2O2. The van der Waals surface area contributed by atoms with Crippen molar-refractivity contribution in [2.45, 2.75) is 0 Å². The van der Waals surface area contributed by atoms with Gasteiger partial charge in [-0.05, 0) is 42.5 Å². The Morgan fingerprint density at radius 3 is 2.45 bits per heavy atom. The lowest BCUT2D eigenvalue weighted by molar-refractivity contribution is 0.629. The first-order chi connectivity index (χ1) is 9.56. The van der Waals surface area contributed by atoms with E-state index in [-0.39, 0.29) is 5.39 Å². The number of H-pyrrole nitrogens is 1. The third-order valence-corrected chi connectivity index (χ3v) is 3.20. The summed E-state index contributed by atoms with van der Waals surface area (Å²) in [4.78, 5) is 26.9. The normalized spacial score (nSPS) is 10.9. The first-order valence-corrected chi connectivity index (χ1v) is 6.14. The molecule has 0 fully saturated rings. The lowest BCUT2D eigenvalue weighted by atomic mass is 10.2. The van der Waals surface area contributed by atoms with Crippen LogP contribution in [0.5, 0.6) is 0 Å². The van der Waals surface area contributed by atoms with Crippen LogP contribution in [0.25, 0.3) is 16.6 Å².